The molecule has 0 bridgehead atoms. The number of aromatic nitrogens is 1. The van der Waals surface area contributed by atoms with Crippen molar-refractivity contribution in [2.45, 2.75) is 24.5 Å². The number of para-hydroxylation sites is 1. The number of nitrogens with zero attached hydrogens (tertiary/aromatic N) is 2. The Morgan fingerprint density at radius 2 is 1.89 bits per heavy atom. The van der Waals surface area contributed by atoms with Crippen LogP contribution >= 0.6 is 0 Å². The van der Waals surface area contributed by atoms with Crippen LogP contribution in [0.15, 0.2) is 59.5 Å². The van der Waals surface area contributed by atoms with Crippen molar-refractivity contribution < 1.29 is 27.9 Å². The van der Waals surface area contributed by atoms with Crippen LogP contribution in [0.25, 0.3) is 10.9 Å². The van der Waals surface area contributed by atoms with E-state index in [1.54, 1.807) is 22.5 Å². The quantitative estimate of drug-likeness (QED) is 0.298. The van der Waals surface area contributed by atoms with Gasteiger partial charge in [-0.15, -0.1) is 0 Å². The zero-order chi connectivity index (χ0) is 24.8. The molecule has 3 aromatic rings. The third-order valence-electron chi connectivity index (χ3n) is 5.82. The SMILES string of the molecule is Cc1cc(COc2ccc(S(=O)(=O)NC[C@H](C(=O)NO)N3CCOCC3)cc2)c2ccccc2n1. The van der Waals surface area contributed by atoms with Crippen LogP contribution in [0.4, 0.5) is 0 Å². The van der Waals surface area contributed by atoms with Gasteiger partial charge in [-0.3, -0.25) is 19.9 Å². The summed E-state index contributed by atoms with van der Waals surface area (Å²) in [5.74, 6) is -0.162. The molecule has 1 saturated heterocycles. The van der Waals surface area contributed by atoms with Gasteiger partial charge < -0.3 is 9.47 Å². The van der Waals surface area contributed by atoms with E-state index >= 15 is 0 Å². The second kappa shape index (κ2) is 11.1. The van der Waals surface area contributed by atoms with Crippen LogP contribution in [0.5, 0.6) is 5.75 Å². The van der Waals surface area contributed by atoms with Crippen LogP contribution in [0.2, 0.25) is 0 Å². The van der Waals surface area contributed by atoms with Gasteiger partial charge in [-0.2, -0.15) is 0 Å². The number of aryl methyl sites for hydroxylation is 1. The summed E-state index contributed by atoms with van der Waals surface area (Å²) in [6.45, 7) is 3.82. The first-order valence-corrected chi connectivity index (χ1v) is 12.7. The molecule has 1 fully saturated rings. The summed E-state index contributed by atoms with van der Waals surface area (Å²) in [6, 6.07) is 15.0. The molecule has 4 rings (SSSR count). The second-order valence-electron chi connectivity index (χ2n) is 8.19. The first-order chi connectivity index (χ1) is 16.9. The van der Waals surface area contributed by atoms with Gasteiger partial charge >= 0.3 is 0 Å². The summed E-state index contributed by atoms with van der Waals surface area (Å²) in [4.78, 5) is 18.4. The summed E-state index contributed by atoms with van der Waals surface area (Å²) in [7, 11) is -3.89. The summed E-state index contributed by atoms with van der Waals surface area (Å²) in [5, 5.41) is 10.1. The number of rotatable bonds is 9. The molecular formula is C24H28N4O6S. The maximum atomic E-state index is 12.8. The molecule has 0 aliphatic carbocycles. The van der Waals surface area contributed by atoms with E-state index in [1.165, 1.54) is 12.1 Å². The van der Waals surface area contributed by atoms with Gasteiger partial charge in [-0.25, -0.2) is 18.6 Å². The maximum absolute atomic E-state index is 12.8. The van der Waals surface area contributed by atoms with Crippen molar-refractivity contribution in [1.82, 2.24) is 20.1 Å². The summed E-state index contributed by atoms with van der Waals surface area (Å²) >= 11 is 0. The molecule has 3 N–H and O–H groups in total. The van der Waals surface area contributed by atoms with Crippen molar-refractivity contribution in [1.29, 1.82) is 0 Å². The van der Waals surface area contributed by atoms with Crippen LogP contribution in [0, 0.1) is 6.92 Å². The monoisotopic (exact) mass is 500 g/mol. The van der Waals surface area contributed by atoms with Gasteiger partial charge in [-0.1, -0.05) is 18.2 Å². The van der Waals surface area contributed by atoms with Gasteiger partial charge in [0.05, 0.1) is 23.6 Å². The third-order valence-corrected chi connectivity index (χ3v) is 7.26. The van der Waals surface area contributed by atoms with E-state index in [2.05, 4.69) is 9.71 Å². The molecule has 11 heteroatoms. The number of benzene rings is 2. The predicted octanol–water partition coefficient (Wildman–Crippen LogP) is 1.61. The van der Waals surface area contributed by atoms with Crippen molar-refractivity contribution in [3.05, 3.63) is 65.9 Å². The van der Waals surface area contributed by atoms with Crippen LogP contribution in [-0.2, 0) is 26.2 Å². The smallest absolute Gasteiger partial charge is 0.262 e. The number of hydroxylamine groups is 1. The number of ether oxygens (including phenoxy) is 2. The Bertz CT molecular complexity index is 1280. The molecule has 0 spiro atoms. The minimum absolute atomic E-state index is 0.0418. The van der Waals surface area contributed by atoms with Crippen molar-refractivity contribution in [2.24, 2.45) is 0 Å². The summed E-state index contributed by atoms with van der Waals surface area (Å²) < 4.78 is 39.3. The van der Waals surface area contributed by atoms with E-state index in [0.29, 0.717) is 38.7 Å². The van der Waals surface area contributed by atoms with Crippen molar-refractivity contribution in [2.75, 3.05) is 32.8 Å². The second-order valence-corrected chi connectivity index (χ2v) is 9.96. The lowest BCUT2D eigenvalue weighted by Crippen LogP contribution is -2.55. The largest absolute Gasteiger partial charge is 0.489 e. The highest BCUT2D eigenvalue weighted by Gasteiger charge is 2.29. The van der Waals surface area contributed by atoms with Crippen molar-refractivity contribution >= 4 is 26.8 Å². The molecule has 10 nitrogen and oxygen atoms in total. The number of nitrogens with one attached hydrogen (secondary N) is 2. The predicted molar refractivity (Wildman–Crippen MR) is 129 cm³/mol. The van der Waals surface area contributed by atoms with Crippen LogP contribution in [0.3, 0.4) is 0 Å². The molecule has 1 aliphatic heterocycles. The van der Waals surface area contributed by atoms with Gasteiger partial charge in [-0.05, 0) is 43.3 Å². The fraction of sp³-hybridized carbons (Fsp3) is 0.333. The Kier molecular flexibility index (Phi) is 7.93. The maximum Gasteiger partial charge on any atom is 0.262 e. The van der Waals surface area contributed by atoms with Gasteiger partial charge in [0.1, 0.15) is 18.4 Å². The molecule has 1 aromatic heterocycles. The van der Waals surface area contributed by atoms with E-state index < -0.39 is 22.0 Å². The number of morpholine rings is 1. The molecule has 0 saturated carbocycles. The lowest BCUT2D eigenvalue weighted by molar-refractivity contribution is -0.136. The Balaban J connectivity index is 1.41. The average Bonchev–Trinajstić information content (AvgIpc) is 2.88. The molecule has 186 valence electrons. The number of hydrogen-bond acceptors (Lipinski definition) is 8. The number of hydrogen-bond donors (Lipinski definition) is 3. The number of fused-ring (bicyclic) bond motifs is 1. The molecular weight excluding hydrogens is 472 g/mol. The topological polar surface area (TPSA) is 130 Å². The lowest BCUT2D eigenvalue weighted by Gasteiger charge is -2.32. The van der Waals surface area contributed by atoms with Crippen LogP contribution in [-0.4, -0.2) is 68.3 Å². The van der Waals surface area contributed by atoms with Gasteiger partial charge in [0, 0.05) is 36.3 Å². The number of amides is 1. The third kappa shape index (κ3) is 6.13. The highest BCUT2D eigenvalue weighted by molar-refractivity contribution is 7.89. The summed E-state index contributed by atoms with van der Waals surface area (Å²) in [6.07, 6.45) is 0. The van der Waals surface area contributed by atoms with E-state index in [-0.39, 0.29) is 11.4 Å². The molecule has 1 amide bonds. The summed E-state index contributed by atoms with van der Waals surface area (Å²) in [5.41, 5.74) is 4.38. The number of carbonyl (C=O) groups is 1. The van der Waals surface area contributed by atoms with E-state index in [4.69, 9.17) is 14.7 Å². The van der Waals surface area contributed by atoms with E-state index in [0.717, 1.165) is 22.2 Å². The molecule has 1 aliphatic rings. The average molecular weight is 501 g/mol. The Labute approximate surface area is 203 Å². The van der Waals surface area contributed by atoms with E-state index in [1.807, 2.05) is 37.3 Å². The van der Waals surface area contributed by atoms with Gasteiger partial charge in [0.2, 0.25) is 10.0 Å². The number of carbonyl (C=O) groups excluding carboxylic acids is 1. The molecule has 0 radical (unpaired) electrons. The van der Waals surface area contributed by atoms with Gasteiger partial charge in [0.25, 0.3) is 5.91 Å². The number of sulfonamides is 1. The fourth-order valence-corrected chi connectivity index (χ4v) is 5.05. The van der Waals surface area contributed by atoms with Crippen molar-refractivity contribution in [3.8, 4) is 5.75 Å². The minimum atomic E-state index is -3.89. The molecule has 35 heavy (non-hydrogen) atoms. The van der Waals surface area contributed by atoms with Crippen LogP contribution in [0.1, 0.15) is 11.3 Å². The first kappa shape index (κ1) is 25.0. The molecule has 0 unspecified atom stereocenters. The molecule has 1 atom stereocenters. The lowest BCUT2D eigenvalue weighted by atomic mass is 10.1. The fourth-order valence-electron chi connectivity index (χ4n) is 4.01. The van der Waals surface area contributed by atoms with E-state index in [9.17, 15) is 13.2 Å². The highest BCUT2D eigenvalue weighted by Crippen LogP contribution is 2.22. The molecule has 2 heterocycles. The highest BCUT2D eigenvalue weighted by atomic mass is 32.2. The normalized spacial score (nSPS) is 15.6. The Morgan fingerprint density at radius 3 is 2.60 bits per heavy atom. The Morgan fingerprint density at radius 1 is 1.17 bits per heavy atom. The standard InChI is InChI=1S/C24H28N4O6S/c1-17-14-18(21-4-2-3-5-22(21)26-17)16-34-19-6-8-20(9-7-19)35(31,32)25-15-23(24(29)27-30)28-10-12-33-13-11-28/h2-9,14,23,25,30H,10-13,15-16H2,1H3,(H,27,29)/t23-/m1/s1. The Hall–Kier alpha value is -3.09. The van der Waals surface area contributed by atoms with Gasteiger partial charge in [0.15, 0.2) is 0 Å². The zero-order valence-electron chi connectivity index (χ0n) is 19.3. The number of pyridine rings is 1. The zero-order valence-corrected chi connectivity index (χ0v) is 20.1. The minimum Gasteiger partial charge on any atom is -0.489 e. The van der Waals surface area contributed by atoms with Crippen molar-refractivity contribution in [3.63, 3.8) is 0 Å². The molecule has 2 aromatic carbocycles. The van der Waals surface area contributed by atoms with Crippen LogP contribution < -0.4 is 14.9 Å². The first-order valence-electron chi connectivity index (χ1n) is 11.2.